The van der Waals surface area contributed by atoms with Crippen molar-refractivity contribution in [1.82, 2.24) is 0 Å². The second-order valence-electron chi connectivity index (χ2n) is 14.7. The first kappa shape index (κ1) is 50.3. The molecule has 1 fully saturated rings. The first-order valence-corrected chi connectivity index (χ1v) is 22.0. The highest BCUT2D eigenvalue weighted by molar-refractivity contribution is 7.47. The summed E-state index contributed by atoms with van der Waals surface area (Å²) >= 11 is 0. The van der Waals surface area contributed by atoms with Gasteiger partial charge >= 0.3 is 19.8 Å². The van der Waals surface area contributed by atoms with Crippen molar-refractivity contribution >= 4 is 19.8 Å². The lowest BCUT2D eigenvalue weighted by Crippen LogP contribution is -2.29. The number of carbonyl (C=O) groups is 2. The van der Waals surface area contributed by atoms with Crippen LogP contribution in [0, 0.1) is 11.8 Å². The van der Waals surface area contributed by atoms with E-state index in [0.717, 1.165) is 38.5 Å². The van der Waals surface area contributed by atoms with Gasteiger partial charge in [0, 0.05) is 18.8 Å². The number of allylic oxidation sites excluding steroid dienone is 1. The molecule has 0 amide bonds. The molecule has 14 heteroatoms. The van der Waals surface area contributed by atoms with Gasteiger partial charge in [-0.3, -0.25) is 18.6 Å². The maximum absolute atomic E-state index is 12.6. The van der Waals surface area contributed by atoms with Crippen LogP contribution in [0.5, 0.6) is 0 Å². The molecule has 6 N–H and O–H groups in total. The predicted molar refractivity (Wildman–Crippen MR) is 207 cm³/mol. The maximum atomic E-state index is 12.6. The van der Waals surface area contributed by atoms with Gasteiger partial charge in [0.1, 0.15) is 12.7 Å². The monoisotopic (exact) mass is 792 g/mol. The molecule has 0 aromatic rings. The van der Waals surface area contributed by atoms with Crippen LogP contribution in [-0.2, 0) is 32.7 Å². The minimum absolute atomic E-state index is 0.122. The molecule has 8 atom stereocenters. The smallest absolute Gasteiger partial charge is 0.461 e. The lowest BCUT2D eigenvalue weighted by molar-refractivity contribution is -0.160. The van der Waals surface area contributed by atoms with E-state index in [-0.39, 0.29) is 31.1 Å². The normalized spacial score (nSPS) is 21.7. The SMILES string of the molecule is CCCCCCCCCCCCCCCC(=O)O[C@H](COC(=O)C/C=C\C[C@H]1[C@@H](/C=C/[C@H](O)CCCCC)[C@H](O)C[C@@H]1O)COP(=O)(O)OC[C@@H](O)CO. The highest BCUT2D eigenvalue weighted by Crippen LogP contribution is 2.43. The third-order valence-corrected chi connectivity index (χ3v) is 10.7. The predicted octanol–water partition coefficient (Wildman–Crippen LogP) is 6.60. The summed E-state index contributed by atoms with van der Waals surface area (Å²) in [6.07, 6.45) is 21.3. The molecule has 1 rings (SSSR count). The molecule has 0 aromatic carbocycles. The van der Waals surface area contributed by atoms with E-state index >= 15 is 0 Å². The Bertz CT molecular complexity index is 1070. The molecular formula is C40H73O13P. The Morgan fingerprint density at radius 1 is 0.759 bits per heavy atom. The zero-order valence-electron chi connectivity index (χ0n) is 33.0. The summed E-state index contributed by atoms with van der Waals surface area (Å²) < 4.78 is 32.6. The molecular weight excluding hydrogens is 719 g/mol. The fourth-order valence-corrected chi connectivity index (χ4v) is 7.23. The highest BCUT2D eigenvalue weighted by Gasteiger charge is 2.39. The van der Waals surface area contributed by atoms with Gasteiger partial charge in [0.05, 0.1) is 44.6 Å². The summed E-state index contributed by atoms with van der Waals surface area (Å²) in [4.78, 5) is 35.1. The third kappa shape index (κ3) is 25.5. The van der Waals surface area contributed by atoms with E-state index in [0.29, 0.717) is 19.3 Å². The molecule has 1 unspecified atom stereocenters. The van der Waals surface area contributed by atoms with E-state index < -0.39 is 76.7 Å². The van der Waals surface area contributed by atoms with Gasteiger partial charge in [-0.15, -0.1) is 0 Å². The lowest BCUT2D eigenvalue weighted by Gasteiger charge is -2.20. The van der Waals surface area contributed by atoms with Crippen molar-refractivity contribution in [2.24, 2.45) is 11.8 Å². The average Bonchev–Trinajstić information content (AvgIpc) is 3.41. The molecule has 0 aromatic heterocycles. The Morgan fingerprint density at radius 2 is 1.33 bits per heavy atom. The first-order valence-electron chi connectivity index (χ1n) is 20.6. The molecule has 0 heterocycles. The van der Waals surface area contributed by atoms with Crippen molar-refractivity contribution in [3.05, 3.63) is 24.3 Å². The molecule has 1 saturated carbocycles. The number of rotatable bonds is 34. The number of carbonyl (C=O) groups excluding carboxylic acids is 2. The van der Waals surface area contributed by atoms with Crippen molar-refractivity contribution in [1.29, 1.82) is 0 Å². The number of ether oxygens (including phenoxy) is 2. The van der Waals surface area contributed by atoms with Crippen LogP contribution < -0.4 is 0 Å². The molecule has 0 bridgehead atoms. The summed E-state index contributed by atoms with van der Waals surface area (Å²) in [6.45, 7) is 1.89. The van der Waals surface area contributed by atoms with E-state index in [4.69, 9.17) is 19.1 Å². The van der Waals surface area contributed by atoms with Crippen LogP contribution in [-0.4, -0.2) is 99.3 Å². The van der Waals surface area contributed by atoms with E-state index in [1.54, 1.807) is 24.3 Å². The van der Waals surface area contributed by atoms with E-state index in [1.165, 1.54) is 57.8 Å². The molecule has 316 valence electrons. The van der Waals surface area contributed by atoms with Gasteiger partial charge in [-0.25, -0.2) is 4.57 Å². The van der Waals surface area contributed by atoms with E-state index in [9.17, 15) is 39.5 Å². The van der Waals surface area contributed by atoms with Crippen LogP contribution >= 0.6 is 7.82 Å². The Hall–Kier alpha value is -1.67. The second-order valence-corrected chi connectivity index (χ2v) is 16.1. The Kier molecular flexibility index (Phi) is 29.3. The molecule has 0 radical (unpaired) electrons. The summed E-state index contributed by atoms with van der Waals surface area (Å²) in [6, 6.07) is 0. The third-order valence-electron chi connectivity index (χ3n) is 9.71. The van der Waals surface area contributed by atoms with Crippen molar-refractivity contribution < 1.29 is 63.1 Å². The number of aliphatic hydroxyl groups is 5. The first-order chi connectivity index (χ1) is 25.9. The minimum atomic E-state index is -4.69. The molecule has 13 nitrogen and oxygen atoms in total. The molecule has 0 spiro atoms. The van der Waals surface area contributed by atoms with Crippen molar-refractivity contribution in [3.63, 3.8) is 0 Å². The van der Waals surface area contributed by atoms with Crippen LogP contribution in [0.25, 0.3) is 0 Å². The molecule has 1 aliphatic carbocycles. The van der Waals surface area contributed by atoms with Gasteiger partial charge < -0.3 is 39.9 Å². The van der Waals surface area contributed by atoms with Crippen molar-refractivity contribution in [2.45, 2.75) is 179 Å². The van der Waals surface area contributed by atoms with Crippen molar-refractivity contribution in [3.8, 4) is 0 Å². The topological polar surface area (TPSA) is 210 Å². The van der Waals surface area contributed by atoms with Crippen LogP contribution in [0.2, 0.25) is 0 Å². The van der Waals surface area contributed by atoms with E-state index in [2.05, 4.69) is 18.4 Å². The van der Waals surface area contributed by atoms with Crippen LogP contribution in [0.15, 0.2) is 24.3 Å². The fourth-order valence-electron chi connectivity index (χ4n) is 6.44. The summed E-state index contributed by atoms with van der Waals surface area (Å²) in [5, 5.41) is 49.6. The average molecular weight is 793 g/mol. The Labute approximate surface area is 324 Å². The largest absolute Gasteiger partial charge is 0.472 e. The van der Waals surface area contributed by atoms with Gasteiger partial charge in [-0.1, -0.05) is 134 Å². The Balaban J connectivity index is 2.56. The molecule has 0 aliphatic heterocycles. The van der Waals surface area contributed by atoms with E-state index in [1.807, 2.05) is 0 Å². The maximum Gasteiger partial charge on any atom is 0.472 e. The molecule has 54 heavy (non-hydrogen) atoms. The van der Waals surface area contributed by atoms with Gasteiger partial charge in [0.15, 0.2) is 6.10 Å². The number of phosphoric acid groups is 1. The number of esters is 2. The highest BCUT2D eigenvalue weighted by atomic mass is 31.2. The summed E-state index contributed by atoms with van der Waals surface area (Å²) in [5.41, 5.74) is 0. The number of unbranched alkanes of at least 4 members (excludes halogenated alkanes) is 14. The summed E-state index contributed by atoms with van der Waals surface area (Å²) in [7, 11) is -4.69. The van der Waals surface area contributed by atoms with Gasteiger partial charge in [-0.2, -0.15) is 0 Å². The van der Waals surface area contributed by atoms with Crippen LogP contribution in [0.4, 0.5) is 0 Å². The fraction of sp³-hybridized carbons (Fsp3) is 0.850. The zero-order valence-corrected chi connectivity index (χ0v) is 33.9. The van der Waals surface area contributed by atoms with Gasteiger partial charge in [-0.05, 0) is 25.2 Å². The van der Waals surface area contributed by atoms with Gasteiger partial charge in [0.25, 0.3) is 0 Å². The lowest BCUT2D eigenvalue weighted by atomic mass is 9.89. The van der Waals surface area contributed by atoms with Gasteiger partial charge in [0.2, 0.25) is 0 Å². The molecule has 1 aliphatic rings. The van der Waals surface area contributed by atoms with Crippen LogP contribution in [0.3, 0.4) is 0 Å². The number of phosphoric ester groups is 1. The number of hydrogen-bond donors (Lipinski definition) is 6. The summed E-state index contributed by atoms with van der Waals surface area (Å²) in [5.74, 6) is -1.86. The number of hydrogen-bond acceptors (Lipinski definition) is 12. The van der Waals surface area contributed by atoms with Crippen molar-refractivity contribution in [2.75, 3.05) is 26.4 Å². The zero-order chi connectivity index (χ0) is 40.0. The standard InChI is InChI=1S/C40H73O13P/c1-3-5-7-8-9-10-11-12-13-14-15-16-18-24-40(47)53-34(31-52-54(48,49)51-29-33(43)28-41)30-50-39(46)23-20-19-22-35-36(38(45)27-37(35)44)26-25-32(42)21-17-6-4-2/h19-20,25-26,32-38,41-45H,3-18,21-24,27-31H2,1-2H3,(H,48,49)/b20-19-,26-25+/t32-,33+,34-,35+,36-,37+,38-/m1/s1. The minimum Gasteiger partial charge on any atom is -0.461 e. The molecule has 0 saturated heterocycles. The second kappa shape index (κ2) is 31.4. The Morgan fingerprint density at radius 3 is 1.94 bits per heavy atom. The quantitative estimate of drug-likeness (QED) is 0.0176. The number of aliphatic hydroxyl groups excluding tert-OH is 5. The van der Waals surface area contributed by atoms with Crippen LogP contribution in [0.1, 0.15) is 149 Å².